The van der Waals surface area contributed by atoms with Crippen LogP contribution in [0.4, 0.5) is 4.39 Å². The lowest BCUT2D eigenvalue weighted by Crippen LogP contribution is -2.39. The van der Waals surface area contributed by atoms with Gasteiger partial charge in [-0.15, -0.1) is 0 Å². The third-order valence-corrected chi connectivity index (χ3v) is 4.20. The molecule has 1 saturated heterocycles. The van der Waals surface area contributed by atoms with Crippen LogP contribution in [0.3, 0.4) is 0 Å². The fourth-order valence-electron chi connectivity index (χ4n) is 2.82. The Hall–Kier alpha value is -2.21. The Bertz CT molecular complexity index is 665. The van der Waals surface area contributed by atoms with Gasteiger partial charge in [-0.1, -0.05) is 19.1 Å². The molecular weight excluding hydrogens is 319 g/mol. The number of likely N-dealkylation sites (N-methyl/N-ethyl adjacent to an activating group) is 1. The standard InChI is InChI=1S/C19H27FN4O/c1-4-10-22-17-9-11-24(12-14-5-7-15(20)8-6-14)13-16(17)18(21)19(25)23(2)3/h5-8H,4,9-13,21H2,1-3H3/b18-16-,22-17?. The molecule has 0 radical (unpaired) electrons. The first-order valence-corrected chi connectivity index (χ1v) is 8.63. The maximum Gasteiger partial charge on any atom is 0.269 e. The number of piperidine rings is 1. The highest BCUT2D eigenvalue weighted by Gasteiger charge is 2.25. The van der Waals surface area contributed by atoms with E-state index in [2.05, 4.69) is 16.8 Å². The molecule has 6 heteroatoms. The molecule has 1 aromatic carbocycles. The molecule has 25 heavy (non-hydrogen) atoms. The van der Waals surface area contributed by atoms with Crippen molar-refractivity contribution in [2.75, 3.05) is 33.7 Å². The maximum atomic E-state index is 13.1. The number of hydrogen-bond donors (Lipinski definition) is 1. The van der Waals surface area contributed by atoms with Gasteiger partial charge in [0, 0.05) is 58.0 Å². The second-order valence-electron chi connectivity index (χ2n) is 6.51. The molecular formula is C19H27FN4O. The third-order valence-electron chi connectivity index (χ3n) is 4.20. The van der Waals surface area contributed by atoms with E-state index in [4.69, 9.17) is 5.73 Å². The van der Waals surface area contributed by atoms with Gasteiger partial charge in [-0.3, -0.25) is 14.7 Å². The van der Waals surface area contributed by atoms with Gasteiger partial charge < -0.3 is 10.6 Å². The molecule has 1 amide bonds. The Labute approximate surface area is 149 Å². The number of rotatable bonds is 5. The van der Waals surface area contributed by atoms with Crippen LogP contribution in [0.15, 0.2) is 40.5 Å². The fraction of sp³-hybridized carbons (Fsp3) is 0.474. The minimum absolute atomic E-state index is 0.192. The van der Waals surface area contributed by atoms with E-state index in [1.54, 1.807) is 26.2 Å². The summed E-state index contributed by atoms with van der Waals surface area (Å²) in [4.78, 5) is 20.6. The zero-order chi connectivity index (χ0) is 18.4. The Morgan fingerprint density at radius 3 is 2.60 bits per heavy atom. The highest BCUT2D eigenvalue weighted by molar-refractivity contribution is 6.08. The SMILES string of the molecule is CCCN=C1CCN(Cc2ccc(F)cc2)C/C1=C(/N)C(=O)N(C)C. The van der Waals surface area contributed by atoms with Gasteiger partial charge in [0.1, 0.15) is 11.5 Å². The van der Waals surface area contributed by atoms with Crippen molar-refractivity contribution in [2.45, 2.75) is 26.3 Å². The van der Waals surface area contributed by atoms with Gasteiger partial charge in [-0.2, -0.15) is 0 Å². The molecule has 0 aliphatic carbocycles. The van der Waals surface area contributed by atoms with E-state index in [9.17, 15) is 9.18 Å². The largest absolute Gasteiger partial charge is 0.394 e. The zero-order valence-corrected chi connectivity index (χ0v) is 15.3. The van der Waals surface area contributed by atoms with Crippen LogP contribution in [0.5, 0.6) is 0 Å². The minimum Gasteiger partial charge on any atom is -0.394 e. The summed E-state index contributed by atoms with van der Waals surface area (Å²) < 4.78 is 13.1. The summed E-state index contributed by atoms with van der Waals surface area (Å²) in [6.45, 7) is 4.91. The monoisotopic (exact) mass is 346 g/mol. The molecule has 0 spiro atoms. The van der Waals surface area contributed by atoms with Crippen LogP contribution in [0.25, 0.3) is 0 Å². The molecule has 1 aliphatic rings. The van der Waals surface area contributed by atoms with E-state index in [0.29, 0.717) is 13.1 Å². The summed E-state index contributed by atoms with van der Waals surface area (Å²) in [6, 6.07) is 6.50. The molecule has 0 atom stereocenters. The van der Waals surface area contributed by atoms with E-state index in [1.165, 1.54) is 17.0 Å². The molecule has 2 N–H and O–H groups in total. The van der Waals surface area contributed by atoms with Crippen molar-refractivity contribution in [1.82, 2.24) is 9.80 Å². The van der Waals surface area contributed by atoms with Crippen molar-refractivity contribution >= 4 is 11.6 Å². The first-order valence-electron chi connectivity index (χ1n) is 8.63. The summed E-state index contributed by atoms with van der Waals surface area (Å²) in [5, 5.41) is 0. The lowest BCUT2D eigenvalue weighted by Gasteiger charge is -2.31. The van der Waals surface area contributed by atoms with Crippen LogP contribution in [-0.4, -0.2) is 55.1 Å². The number of benzene rings is 1. The molecule has 2 rings (SSSR count). The number of nitrogens with zero attached hydrogens (tertiary/aromatic N) is 3. The third kappa shape index (κ3) is 5.13. The Kier molecular flexibility index (Phi) is 6.70. The second-order valence-corrected chi connectivity index (χ2v) is 6.51. The van der Waals surface area contributed by atoms with Crippen LogP contribution >= 0.6 is 0 Å². The van der Waals surface area contributed by atoms with Gasteiger partial charge in [0.05, 0.1) is 0 Å². The molecule has 0 bridgehead atoms. The lowest BCUT2D eigenvalue weighted by atomic mass is 9.98. The molecule has 0 aromatic heterocycles. The van der Waals surface area contributed by atoms with E-state index in [1.807, 2.05) is 0 Å². The zero-order valence-electron chi connectivity index (χ0n) is 15.3. The van der Waals surface area contributed by atoms with Gasteiger partial charge >= 0.3 is 0 Å². The summed E-state index contributed by atoms with van der Waals surface area (Å²) >= 11 is 0. The van der Waals surface area contributed by atoms with E-state index >= 15 is 0 Å². The molecule has 5 nitrogen and oxygen atoms in total. The van der Waals surface area contributed by atoms with Crippen molar-refractivity contribution in [1.29, 1.82) is 0 Å². The van der Waals surface area contributed by atoms with Crippen LogP contribution < -0.4 is 5.73 Å². The van der Waals surface area contributed by atoms with Crippen molar-refractivity contribution in [3.05, 3.63) is 46.9 Å². The van der Waals surface area contributed by atoms with Crippen molar-refractivity contribution in [2.24, 2.45) is 10.7 Å². The summed E-state index contributed by atoms with van der Waals surface area (Å²) in [5.74, 6) is -0.430. The predicted molar refractivity (Wildman–Crippen MR) is 98.8 cm³/mol. The number of carbonyl (C=O) groups excluding carboxylic acids is 1. The van der Waals surface area contributed by atoms with Crippen molar-refractivity contribution < 1.29 is 9.18 Å². The molecule has 0 unspecified atom stereocenters. The number of halogens is 1. The van der Waals surface area contributed by atoms with Crippen LogP contribution in [0.2, 0.25) is 0 Å². The van der Waals surface area contributed by atoms with Gasteiger partial charge in [-0.25, -0.2) is 4.39 Å². The highest BCUT2D eigenvalue weighted by atomic mass is 19.1. The molecule has 1 aliphatic heterocycles. The summed E-state index contributed by atoms with van der Waals surface area (Å²) in [5.41, 5.74) is 9.22. The quantitative estimate of drug-likeness (QED) is 0.831. The molecule has 1 fully saturated rings. The lowest BCUT2D eigenvalue weighted by molar-refractivity contribution is -0.124. The molecule has 0 saturated carbocycles. The molecule has 1 heterocycles. The number of nitrogens with two attached hydrogens (primary N) is 1. The molecule has 136 valence electrons. The number of aliphatic imine (C=N–C) groups is 1. The van der Waals surface area contributed by atoms with Crippen molar-refractivity contribution in [3.63, 3.8) is 0 Å². The fourth-order valence-corrected chi connectivity index (χ4v) is 2.82. The normalized spacial score (nSPS) is 19.1. The topological polar surface area (TPSA) is 61.9 Å². The number of amides is 1. The average molecular weight is 346 g/mol. The first-order chi connectivity index (χ1) is 11.9. The first kappa shape index (κ1) is 19.1. The average Bonchev–Trinajstić information content (AvgIpc) is 2.61. The van der Waals surface area contributed by atoms with Crippen molar-refractivity contribution in [3.8, 4) is 0 Å². The van der Waals surface area contributed by atoms with Gasteiger partial charge in [0.15, 0.2) is 0 Å². The number of carbonyl (C=O) groups is 1. The maximum absolute atomic E-state index is 13.1. The van der Waals surface area contributed by atoms with Crippen LogP contribution in [0.1, 0.15) is 25.3 Å². The Balaban J connectivity index is 2.22. The number of hydrogen-bond acceptors (Lipinski definition) is 4. The van der Waals surface area contributed by atoms with E-state index in [-0.39, 0.29) is 17.4 Å². The van der Waals surface area contributed by atoms with Gasteiger partial charge in [-0.05, 0) is 24.1 Å². The van der Waals surface area contributed by atoms with Crippen LogP contribution in [0, 0.1) is 5.82 Å². The minimum atomic E-state index is -0.238. The Morgan fingerprint density at radius 1 is 1.32 bits per heavy atom. The van der Waals surface area contributed by atoms with E-state index in [0.717, 1.165) is 42.8 Å². The van der Waals surface area contributed by atoms with E-state index < -0.39 is 0 Å². The van der Waals surface area contributed by atoms with Crippen LogP contribution in [-0.2, 0) is 11.3 Å². The highest BCUT2D eigenvalue weighted by Crippen LogP contribution is 2.19. The van der Waals surface area contributed by atoms with Gasteiger partial charge in [0.25, 0.3) is 5.91 Å². The predicted octanol–water partition coefficient (Wildman–Crippen LogP) is 2.18. The van der Waals surface area contributed by atoms with Gasteiger partial charge in [0.2, 0.25) is 0 Å². The smallest absolute Gasteiger partial charge is 0.269 e. The molecule has 1 aromatic rings. The second kappa shape index (κ2) is 8.76. The summed E-state index contributed by atoms with van der Waals surface area (Å²) in [6.07, 6.45) is 1.72. The number of likely N-dealkylation sites (tertiary alicyclic amines) is 1. The Morgan fingerprint density at radius 2 is 2.00 bits per heavy atom. The summed E-state index contributed by atoms with van der Waals surface area (Å²) in [7, 11) is 3.38.